The number of benzene rings is 1. The number of hydrogen-bond donors (Lipinski definition) is 2. The second-order valence-electron chi connectivity index (χ2n) is 4.76. The van der Waals surface area contributed by atoms with Crippen molar-refractivity contribution >= 4 is 0 Å². The quantitative estimate of drug-likeness (QED) is 0.763. The maximum atomic E-state index is 11.0. The topological polar surface area (TPSA) is 46.2 Å². The van der Waals surface area contributed by atoms with E-state index in [2.05, 4.69) is 13.8 Å². The largest absolute Gasteiger partial charge is 0.385 e. The Balaban J connectivity index is 3.03. The van der Waals surface area contributed by atoms with Crippen molar-refractivity contribution in [2.45, 2.75) is 45.1 Å². The van der Waals surface area contributed by atoms with Crippen LogP contribution < -0.4 is 5.73 Å². The van der Waals surface area contributed by atoms with Gasteiger partial charge in [0, 0.05) is 5.92 Å². The smallest absolute Gasteiger partial charge is 0.0936 e. The van der Waals surface area contributed by atoms with E-state index in [1.165, 1.54) is 0 Å². The molecule has 2 unspecified atom stereocenters. The van der Waals surface area contributed by atoms with Gasteiger partial charge >= 0.3 is 0 Å². The number of rotatable bonds is 7. The molecule has 17 heavy (non-hydrogen) atoms. The van der Waals surface area contributed by atoms with Crippen molar-refractivity contribution in [3.63, 3.8) is 0 Å². The molecule has 0 fully saturated rings. The minimum absolute atomic E-state index is 0.148. The second-order valence-corrected chi connectivity index (χ2v) is 4.76. The molecule has 2 nitrogen and oxygen atoms in total. The highest BCUT2D eigenvalue weighted by atomic mass is 16.3. The normalized spacial score (nSPS) is 16.5. The van der Waals surface area contributed by atoms with Crippen LogP contribution in [0.4, 0.5) is 0 Å². The Morgan fingerprint density at radius 1 is 1.18 bits per heavy atom. The fourth-order valence-corrected chi connectivity index (χ4v) is 2.59. The zero-order valence-corrected chi connectivity index (χ0v) is 11.0. The third-order valence-electron chi connectivity index (χ3n) is 3.50. The van der Waals surface area contributed by atoms with E-state index in [9.17, 15) is 5.11 Å². The van der Waals surface area contributed by atoms with Gasteiger partial charge in [0.15, 0.2) is 0 Å². The fourth-order valence-electron chi connectivity index (χ4n) is 2.59. The van der Waals surface area contributed by atoms with Crippen LogP contribution in [0.3, 0.4) is 0 Å². The molecule has 0 aliphatic heterocycles. The Labute approximate surface area is 105 Å². The molecule has 0 saturated carbocycles. The van der Waals surface area contributed by atoms with Crippen LogP contribution in [-0.4, -0.2) is 11.7 Å². The molecular formula is C15H25NO. The minimum atomic E-state index is -0.763. The molecule has 0 radical (unpaired) electrons. The molecule has 0 heterocycles. The summed E-state index contributed by atoms with van der Waals surface area (Å²) in [6.07, 6.45) is 3.77. The molecule has 1 rings (SSSR count). The van der Waals surface area contributed by atoms with Crippen LogP contribution in [0.1, 0.15) is 45.1 Å². The van der Waals surface area contributed by atoms with E-state index in [1.807, 2.05) is 30.3 Å². The van der Waals surface area contributed by atoms with Gasteiger partial charge in [-0.1, -0.05) is 57.0 Å². The SMILES string of the molecule is CCCC(CN)C(O)(CCC)c1ccccc1. The van der Waals surface area contributed by atoms with E-state index >= 15 is 0 Å². The van der Waals surface area contributed by atoms with Crippen molar-refractivity contribution in [3.8, 4) is 0 Å². The van der Waals surface area contributed by atoms with E-state index in [-0.39, 0.29) is 5.92 Å². The lowest BCUT2D eigenvalue weighted by Crippen LogP contribution is -2.39. The van der Waals surface area contributed by atoms with Gasteiger partial charge in [0.1, 0.15) is 0 Å². The lowest BCUT2D eigenvalue weighted by molar-refractivity contribution is -0.0330. The van der Waals surface area contributed by atoms with E-state index in [1.54, 1.807) is 0 Å². The molecule has 0 spiro atoms. The third-order valence-corrected chi connectivity index (χ3v) is 3.50. The van der Waals surface area contributed by atoms with Gasteiger partial charge < -0.3 is 10.8 Å². The molecule has 2 heteroatoms. The minimum Gasteiger partial charge on any atom is -0.385 e. The second kappa shape index (κ2) is 6.77. The summed E-state index contributed by atoms with van der Waals surface area (Å²) in [7, 11) is 0. The van der Waals surface area contributed by atoms with Gasteiger partial charge in [0.2, 0.25) is 0 Å². The molecule has 0 aromatic heterocycles. The van der Waals surface area contributed by atoms with E-state index in [0.29, 0.717) is 6.54 Å². The summed E-state index contributed by atoms with van der Waals surface area (Å²) in [6, 6.07) is 9.96. The predicted molar refractivity (Wildman–Crippen MR) is 72.7 cm³/mol. The highest BCUT2D eigenvalue weighted by Gasteiger charge is 2.35. The summed E-state index contributed by atoms with van der Waals surface area (Å²) in [5.41, 5.74) is 6.09. The molecule has 96 valence electrons. The Bertz CT molecular complexity index is 312. The van der Waals surface area contributed by atoms with Crippen LogP contribution >= 0.6 is 0 Å². The van der Waals surface area contributed by atoms with Crippen LogP contribution in [0.5, 0.6) is 0 Å². The monoisotopic (exact) mass is 235 g/mol. The molecule has 0 aliphatic carbocycles. The van der Waals surface area contributed by atoms with Gasteiger partial charge in [-0.15, -0.1) is 0 Å². The zero-order valence-electron chi connectivity index (χ0n) is 11.0. The highest BCUT2D eigenvalue weighted by Crippen LogP contribution is 2.36. The van der Waals surface area contributed by atoms with Crippen molar-refractivity contribution < 1.29 is 5.11 Å². The van der Waals surface area contributed by atoms with Crippen molar-refractivity contribution in [2.24, 2.45) is 11.7 Å². The zero-order chi connectivity index (χ0) is 12.7. The summed E-state index contributed by atoms with van der Waals surface area (Å²) < 4.78 is 0. The van der Waals surface area contributed by atoms with Gasteiger partial charge in [-0.2, -0.15) is 0 Å². The van der Waals surface area contributed by atoms with Gasteiger partial charge in [-0.25, -0.2) is 0 Å². The molecule has 0 aliphatic rings. The average Bonchev–Trinajstić information content (AvgIpc) is 2.37. The summed E-state index contributed by atoms with van der Waals surface area (Å²) in [5, 5.41) is 11.0. The average molecular weight is 235 g/mol. The van der Waals surface area contributed by atoms with Crippen molar-refractivity contribution in [2.75, 3.05) is 6.54 Å². The van der Waals surface area contributed by atoms with Crippen LogP contribution in [0.15, 0.2) is 30.3 Å². The summed E-state index contributed by atoms with van der Waals surface area (Å²) >= 11 is 0. The Hall–Kier alpha value is -0.860. The molecule has 1 aromatic carbocycles. The summed E-state index contributed by atoms with van der Waals surface area (Å²) in [5.74, 6) is 0.148. The van der Waals surface area contributed by atoms with E-state index in [0.717, 1.165) is 31.2 Å². The number of aliphatic hydroxyl groups is 1. The molecule has 3 N–H and O–H groups in total. The molecule has 0 amide bonds. The first-order valence-corrected chi connectivity index (χ1v) is 6.67. The van der Waals surface area contributed by atoms with Gasteiger partial charge in [-0.3, -0.25) is 0 Å². The van der Waals surface area contributed by atoms with Gasteiger partial charge in [0.05, 0.1) is 5.60 Å². The van der Waals surface area contributed by atoms with E-state index in [4.69, 9.17) is 5.73 Å². The van der Waals surface area contributed by atoms with Crippen molar-refractivity contribution in [1.29, 1.82) is 0 Å². The molecule has 1 aromatic rings. The van der Waals surface area contributed by atoms with E-state index < -0.39 is 5.60 Å². The van der Waals surface area contributed by atoms with Gasteiger partial charge in [-0.05, 0) is 24.9 Å². The predicted octanol–water partition coefficient (Wildman–Crippen LogP) is 3.05. The van der Waals surface area contributed by atoms with Crippen molar-refractivity contribution in [3.05, 3.63) is 35.9 Å². The third kappa shape index (κ3) is 3.30. The summed E-state index contributed by atoms with van der Waals surface area (Å²) in [6.45, 7) is 4.78. The Morgan fingerprint density at radius 3 is 2.29 bits per heavy atom. The molecule has 2 atom stereocenters. The maximum Gasteiger partial charge on any atom is 0.0936 e. The highest BCUT2D eigenvalue weighted by molar-refractivity contribution is 5.23. The first-order chi connectivity index (χ1) is 8.19. The van der Waals surface area contributed by atoms with Gasteiger partial charge in [0.25, 0.3) is 0 Å². The van der Waals surface area contributed by atoms with Crippen LogP contribution in [-0.2, 0) is 5.60 Å². The van der Waals surface area contributed by atoms with Crippen LogP contribution in [0, 0.1) is 5.92 Å². The summed E-state index contributed by atoms with van der Waals surface area (Å²) in [4.78, 5) is 0. The Kier molecular flexibility index (Phi) is 5.66. The molecule has 0 saturated heterocycles. The standard InChI is InChI=1S/C15H25NO/c1-3-8-14(12-16)15(17,11-4-2)13-9-6-5-7-10-13/h5-7,9-10,14,17H,3-4,8,11-12,16H2,1-2H3. The lowest BCUT2D eigenvalue weighted by atomic mass is 9.76. The fraction of sp³-hybridized carbons (Fsp3) is 0.600. The first-order valence-electron chi connectivity index (χ1n) is 6.67. The molecular weight excluding hydrogens is 210 g/mol. The molecule has 0 bridgehead atoms. The first kappa shape index (κ1) is 14.2. The lowest BCUT2D eigenvalue weighted by Gasteiger charge is -2.36. The van der Waals surface area contributed by atoms with Crippen LogP contribution in [0.25, 0.3) is 0 Å². The number of nitrogens with two attached hydrogens (primary N) is 1. The van der Waals surface area contributed by atoms with Crippen molar-refractivity contribution in [1.82, 2.24) is 0 Å². The maximum absolute atomic E-state index is 11.0. The Morgan fingerprint density at radius 2 is 1.82 bits per heavy atom. The van der Waals surface area contributed by atoms with Crippen LogP contribution in [0.2, 0.25) is 0 Å². The number of hydrogen-bond acceptors (Lipinski definition) is 2.